The second-order valence-corrected chi connectivity index (χ2v) is 6.73. The van der Waals surface area contributed by atoms with Gasteiger partial charge >= 0.3 is 5.97 Å². The van der Waals surface area contributed by atoms with Gasteiger partial charge in [0.2, 0.25) is 5.89 Å². The zero-order valence-electron chi connectivity index (χ0n) is 11.4. The number of rotatable bonds is 3. The molecule has 1 aromatic heterocycles. The quantitative estimate of drug-likeness (QED) is 0.858. The van der Waals surface area contributed by atoms with E-state index >= 15 is 0 Å². The van der Waals surface area contributed by atoms with Gasteiger partial charge in [0.05, 0.1) is 6.20 Å². The van der Waals surface area contributed by atoms with Crippen molar-refractivity contribution >= 4 is 12.0 Å². The average Bonchev–Trinajstić information content (AvgIpc) is 2.83. The van der Waals surface area contributed by atoms with Gasteiger partial charge in [-0.15, -0.1) is 0 Å². The Morgan fingerprint density at radius 2 is 1.85 bits per heavy atom. The lowest BCUT2D eigenvalue weighted by atomic mass is 9.51. The summed E-state index contributed by atoms with van der Waals surface area (Å²) in [7, 11) is 0. The summed E-state index contributed by atoms with van der Waals surface area (Å²) < 4.78 is 5.80. The molecule has 0 atom stereocenters. The summed E-state index contributed by atoms with van der Waals surface area (Å²) >= 11 is 0. The second kappa shape index (κ2) is 4.47. The molecule has 0 saturated heterocycles. The van der Waals surface area contributed by atoms with Crippen LogP contribution in [0.15, 0.2) is 16.7 Å². The molecule has 4 bridgehead atoms. The van der Waals surface area contributed by atoms with Crippen LogP contribution >= 0.6 is 0 Å². The van der Waals surface area contributed by atoms with Crippen molar-refractivity contribution in [3.63, 3.8) is 0 Å². The van der Waals surface area contributed by atoms with Crippen molar-refractivity contribution in [2.75, 3.05) is 0 Å². The van der Waals surface area contributed by atoms with E-state index in [1.54, 1.807) is 0 Å². The molecule has 0 unspecified atom stereocenters. The minimum absolute atomic E-state index is 0.413. The maximum Gasteiger partial charge on any atom is 0.328 e. The van der Waals surface area contributed by atoms with E-state index in [1.807, 2.05) is 6.20 Å². The molecule has 4 nitrogen and oxygen atoms in total. The van der Waals surface area contributed by atoms with Crippen LogP contribution in [0.25, 0.3) is 6.08 Å². The topological polar surface area (TPSA) is 63.3 Å². The van der Waals surface area contributed by atoms with E-state index in [1.165, 1.54) is 38.2 Å². The molecule has 5 rings (SSSR count). The first-order chi connectivity index (χ1) is 9.69. The molecule has 0 aliphatic heterocycles. The maximum absolute atomic E-state index is 10.5. The van der Waals surface area contributed by atoms with Gasteiger partial charge in [-0.3, -0.25) is 0 Å². The number of aliphatic carboxylic acids is 1. The fourth-order valence-electron chi connectivity index (χ4n) is 5.06. The first-order valence-corrected chi connectivity index (χ1v) is 7.55. The van der Waals surface area contributed by atoms with Crippen molar-refractivity contribution in [3.05, 3.63) is 23.9 Å². The van der Waals surface area contributed by atoms with Gasteiger partial charge in [-0.25, -0.2) is 9.78 Å². The van der Waals surface area contributed by atoms with Crippen molar-refractivity contribution in [1.82, 2.24) is 4.98 Å². The van der Waals surface area contributed by atoms with Gasteiger partial charge in [-0.2, -0.15) is 0 Å². The fourth-order valence-corrected chi connectivity index (χ4v) is 5.06. The Morgan fingerprint density at radius 1 is 1.20 bits per heavy atom. The highest BCUT2D eigenvalue weighted by Crippen LogP contribution is 2.59. The van der Waals surface area contributed by atoms with Crippen molar-refractivity contribution in [2.24, 2.45) is 23.7 Å². The molecule has 4 heteroatoms. The molecule has 4 saturated carbocycles. The highest BCUT2D eigenvalue weighted by Gasteiger charge is 2.49. The molecule has 0 radical (unpaired) electrons. The predicted octanol–water partition coefficient (Wildman–Crippen LogP) is 3.31. The number of nitrogens with zero attached hydrogens (tertiary/aromatic N) is 1. The molecule has 106 valence electrons. The van der Waals surface area contributed by atoms with Gasteiger partial charge in [0.15, 0.2) is 0 Å². The minimum atomic E-state index is -0.973. The molecule has 1 aromatic rings. The third-order valence-electron chi connectivity index (χ3n) is 5.47. The van der Waals surface area contributed by atoms with Gasteiger partial charge in [0, 0.05) is 18.1 Å². The van der Waals surface area contributed by atoms with Crippen molar-refractivity contribution in [2.45, 2.75) is 38.0 Å². The fraction of sp³-hybridized carbons (Fsp3) is 0.625. The monoisotopic (exact) mass is 273 g/mol. The molecule has 20 heavy (non-hydrogen) atoms. The summed E-state index contributed by atoms with van der Waals surface area (Å²) in [5, 5.41) is 8.64. The van der Waals surface area contributed by atoms with Crippen LogP contribution < -0.4 is 0 Å². The van der Waals surface area contributed by atoms with Crippen LogP contribution in [0.1, 0.15) is 49.7 Å². The first-order valence-electron chi connectivity index (χ1n) is 7.55. The zero-order chi connectivity index (χ0) is 13.7. The number of hydrogen-bond donors (Lipinski definition) is 1. The Bertz CT molecular complexity index is 532. The van der Waals surface area contributed by atoms with Gasteiger partial charge in [0.25, 0.3) is 0 Å². The molecule has 0 aromatic carbocycles. The van der Waals surface area contributed by atoms with Gasteiger partial charge in [0.1, 0.15) is 5.76 Å². The molecule has 1 N–H and O–H groups in total. The summed E-state index contributed by atoms with van der Waals surface area (Å²) in [6.45, 7) is 0. The smallest absolute Gasteiger partial charge is 0.328 e. The van der Waals surface area contributed by atoms with Crippen molar-refractivity contribution in [1.29, 1.82) is 0 Å². The van der Waals surface area contributed by atoms with E-state index in [2.05, 4.69) is 4.98 Å². The Hall–Kier alpha value is -1.58. The molecule has 1 heterocycles. The summed E-state index contributed by atoms with van der Waals surface area (Å²) in [6.07, 6.45) is 11.2. The highest BCUT2D eigenvalue weighted by atomic mass is 16.4. The molecule has 4 fully saturated rings. The standard InChI is InChI=1S/C16H19NO3/c18-15(19)2-1-14-17-8-13(20-14)16-11-4-9-3-10(6-11)7-12(16)5-9/h1-2,8-12,16H,3-7H2,(H,18,19)/b2-1+. The van der Waals surface area contributed by atoms with Crippen molar-refractivity contribution < 1.29 is 14.3 Å². The molecule has 4 aliphatic rings. The number of aromatic nitrogens is 1. The Labute approximate surface area is 117 Å². The van der Waals surface area contributed by atoms with E-state index in [0.29, 0.717) is 11.8 Å². The van der Waals surface area contributed by atoms with Crippen LogP contribution in [0.4, 0.5) is 0 Å². The minimum Gasteiger partial charge on any atom is -0.478 e. The van der Waals surface area contributed by atoms with Gasteiger partial charge in [-0.05, 0) is 55.8 Å². The Kier molecular flexibility index (Phi) is 2.72. The van der Waals surface area contributed by atoms with E-state index in [-0.39, 0.29) is 0 Å². The third kappa shape index (κ3) is 1.98. The van der Waals surface area contributed by atoms with E-state index < -0.39 is 5.97 Å². The van der Waals surface area contributed by atoms with Gasteiger partial charge in [-0.1, -0.05) is 0 Å². The van der Waals surface area contributed by atoms with E-state index in [4.69, 9.17) is 9.52 Å². The lowest BCUT2D eigenvalue weighted by Crippen LogP contribution is -2.43. The predicted molar refractivity (Wildman–Crippen MR) is 73.0 cm³/mol. The normalized spacial score (nSPS) is 38.7. The van der Waals surface area contributed by atoms with Crippen LogP contribution in [-0.4, -0.2) is 16.1 Å². The van der Waals surface area contributed by atoms with Crippen LogP contribution in [0.3, 0.4) is 0 Å². The third-order valence-corrected chi connectivity index (χ3v) is 5.47. The van der Waals surface area contributed by atoms with Crippen LogP contribution in [0, 0.1) is 23.7 Å². The number of carbonyl (C=O) groups is 1. The number of carboxylic acids is 1. The molecule has 0 spiro atoms. The van der Waals surface area contributed by atoms with Crippen LogP contribution in [-0.2, 0) is 4.79 Å². The Balaban J connectivity index is 1.57. The second-order valence-electron chi connectivity index (χ2n) is 6.73. The van der Waals surface area contributed by atoms with Gasteiger partial charge < -0.3 is 9.52 Å². The largest absolute Gasteiger partial charge is 0.478 e. The average molecular weight is 273 g/mol. The highest BCUT2D eigenvalue weighted by molar-refractivity contribution is 5.84. The SMILES string of the molecule is O=C(O)/C=C/c1ncc(C2C3CC4CC(C3)CC2C4)o1. The zero-order valence-corrected chi connectivity index (χ0v) is 11.4. The summed E-state index contributed by atoms with van der Waals surface area (Å²) in [6, 6.07) is 0. The Morgan fingerprint density at radius 3 is 2.45 bits per heavy atom. The van der Waals surface area contributed by atoms with Crippen molar-refractivity contribution in [3.8, 4) is 0 Å². The van der Waals surface area contributed by atoms with E-state index in [9.17, 15) is 4.79 Å². The maximum atomic E-state index is 10.5. The lowest BCUT2D eigenvalue weighted by molar-refractivity contribution is -0.131. The molecular formula is C16H19NO3. The number of carboxylic acid groups (broad SMARTS) is 1. The summed E-state index contributed by atoms with van der Waals surface area (Å²) in [5.41, 5.74) is 0. The van der Waals surface area contributed by atoms with Crippen LogP contribution in [0.5, 0.6) is 0 Å². The van der Waals surface area contributed by atoms with Crippen LogP contribution in [0.2, 0.25) is 0 Å². The van der Waals surface area contributed by atoms with E-state index in [0.717, 1.165) is 35.5 Å². The molecular weight excluding hydrogens is 254 g/mol. The molecule has 4 aliphatic carbocycles. The summed E-state index contributed by atoms with van der Waals surface area (Å²) in [4.78, 5) is 14.7. The number of hydrogen-bond acceptors (Lipinski definition) is 3. The molecule has 0 amide bonds. The summed E-state index contributed by atoms with van der Waals surface area (Å²) in [5.74, 6) is 4.35. The number of oxazole rings is 1. The lowest BCUT2D eigenvalue weighted by Gasteiger charge is -2.53. The first kappa shape index (κ1) is 12.2.